The van der Waals surface area contributed by atoms with E-state index >= 15 is 0 Å². The number of fused-ring (bicyclic) bond motifs is 2. The lowest BCUT2D eigenvalue weighted by atomic mass is 10.0. The number of nitrogens with zero attached hydrogens (tertiary/aromatic N) is 2. The van der Waals surface area contributed by atoms with Crippen molar-refractivity contribution in [3.8, 4) is 11.3 Å². The maximum atomic E-state index is 12.3. The Morgan fingerprint density at radius 3 is 2.09 bits per heavy atom. The second-order valence-electron chi connectivity index (χ2n) is 5.21. The molecule has 0 aliphatic rings. The summed E-state index contributed by atoms with van der Waals surface area (Å²) in [6.45, 7) is 0. The maximum absolute atomic E-state index is 12.3. The summed E-state index contributed by atoms with van der Waals surface area (Å²) < 4.78 is 0. The normalized spacial score (nSPS) is 11.1. The number of aromatic nitrogens is 2. The molecule has 0 aliphatic carbocycles. The molecule has 0 bridgehead atoms. The van der Waals surface area contributed by atoms with Crippen LogP contribution in [-0.2, 0) is 0 Å². The second kappa shape index (κ2) is 4.70. The van der Waals surface area contributed by atoms with Crippen molar-refractivity contribution in [3.63, 3.8) is 0 Å². The number of hydrogen-bond donors (Lipinski definition) is 1. The molecule has 22 heavy (non-hydrogen) atoms. The molecule has 4 heteroatoms. The van der Waals surface area contributed by atoms with E-state index < -0.39 is 0 Å². The molecule has 4 aromatic rings. The fourth-order valence-electron chi connectivity index (χ4n) is 2.75. The molecule has 4 rings (SSSR count). The monoisotopic (exact) mass is 287 g/mol. The van der Waals surface area contributed by atoms with Crippen molar-refractivity contribution in [3.05, 3.63) is 77.1 Å². The van der Waals surface area contributed by atoms with E-state index in [1.165, 1.54) is 0 Å². The minimum absolute atomic E-state index is 0.291. The first kappa shape index (κ1) is 12.6. The molecule has 4 nitrogen and oxygen atoms in total. The smallest absolute Gasteiger partial charge is 0.293 e. The van der Waals surface area contributed by atoms with Gasteiger partial charge in [0.05, 0.1) is 5.39 Å². The van der Waals surface area contributed by atoms with E-state index in [4.69, 9.17) is 5.84 Å². The van der Waals surface area contributed by atoms with Gasteiger partial charge in [0, 0.05) is 10.9 Å². The van der Waals surface area contributed by atoms with Crippen molar-refractivity contribution in [2.45, 2.75) is 0 Å². The zero-order valence-electron chi connectivity index (χ0n) is 11.7. The van der Waals surface area contributed by atoms with E-state index in [0.29, 0.717) is 11.1 Å². The van der Waals surface area contributed by atoms with E-state index in [9.17, 15) is 4.79 Å². The fourth-order valence-corrected chi connectivity index (χ4v) is 2.75. The van der Waals surface area contributed by atoms with Gasteiger partial charge in [0.15, 0.2) is 0 Å². The number of nitrogens with two attached hydrogens (primary N) is 1. The average Bonchev–Trinajstić information content (AvgIpc) is 2.57. The summed E-state index contributed by atoms with van der Waals surface area (Å²) >= 11 is 0. The Labute approximate surface area is 126 Å². The van der Waals surface area contributed by atoms with Crippen LogP contribution < -0.4 is 11.4 Å². The lowest BCUT2D eigenvalue weighted by Crippen LogP contribution is -2.30. The largest absolute Gasteiger partial charge is 0.320 e. The first-order valence-corrected chi connectivity index (χ1v) is 7.00. The van der Waals surface area contributed by atoms with Crippen LogP contribution in [0.1, 0.15) is 0 Å². The van der Waals surface area contributed by atoms with Crippen LogP contribution in [0.3, 0.4) is 0 Å². The van der Waals surface area contributed by atoms with E-state index in [1.807, 2.05) is 66.7 Å². The highest BCUT2D eigenvalue weighted by Crippen LogP contribution is 2.28. The zero-order chi connectivity index (χ0) is 15.1. The highest BCUT2D eigenvalue weighted by Gasteiger charge is 2.12. The summed E-state index contributed by atoms with van der Waals surface area (Å²) in [5.74, 6) is 5.76. The number of nitrogen functional groups attached to an aromatic ring is 1. The van der Waals surface area contributed by atoms with Crippen molar-refractivity contribution in [1.82, 2.24) is 9.89 Å². The Balaban J connectivity index is 2.19. The van der Waals surface area contributed by atoms with Gasteiger partial charge in [0.25, 0.3) is 5.56 Å². The van der Waals surface area contributed by atoms with Crippen molar-refractivity contribution < 1.29 is 0 Å². The lowest BCUT2D eigenvalue weighted by Gasteiger charge is -2.09. The van der Waals surface area contributed by atoms with Gasteiger partial charge in [-0.1, -0.05) is 54.6 Å². The first-order chi connectivity index (χ1) is 10.7. The van der Waals surface area contributed by atoms with Gasteiger partial charge in [0.2, 0.25) is 0 Å². The van der Waals surface area contributed by atoms with Crippen LogP contribution in [0.4, 0.5) is 0 Å². The topological polar surface area (TPSA) is 60.9 Å². The molecule has 3 aromatic carbocycles. The quantitative estimate of drug-likeness (QED) is 0.432. The molecule has 0 radical (unpaired) electrons. The van der Waals surface area contributed by atoms with Crippen molar-refractivity contribution in [1.29, 1.82) is 0 Å². The molecule has 0 unspecified atom stereocenters. The van der Waals surface area contributed by atoms with Crippen LogP contribution in [-0.4, -0.2) is 9.89 Å². The third-order valence-electron chi connectivity index (χ3n) is 3.83. The summed E-state index contributed by atoms with van der Waals surface area (Å²) in [6.07, 6.45) is 0. The van der Waals surface area contributed by atoms with Gasteiger partial charge in [-0.3, -0.25) is 4.79 Å². The van der Waals surface area contributed by atoms with Crippen LogP contribution in [0.15, 0.2) is 71.5 Å². The summed E-state index contributed by atoms with van der Waals surface area (Å²) in [7, 11) is 0. The Kier molecular flexibility index (Phi) is 2.69. The lowest BCUT2D eigenvalue weighted by molar-refractivity contribution is 0.781. The van der Waals surface area contributed by atoms with E-state index in [2.05, 4.69) is 5.10 Å². The molecule has 1 heterocycles. The molecule has 1 aromatic heterocycles. The molecule has 0 atom stereocenters. The predicted molar refractivity (Wildman–Crippen MR) is 89.1 cm³/mol. The summed E-state index contributed by atoms with van der Waals surface area (Å²) in [5.41, 5.74) is 1.35. The third-order valence-corrected chi connectivity index (χ3v) is 3.83. The van der Waals surface area contributed by atoms with Crippen LogP contribution in [0.25, 0.3) is 32.8 Å². The van der Waals surface area contributed by atoms with E-state index in [-0.39, 0.29) is 5.56 Å². The highest BCUT2D eigenvalue weighted by molar-refractivity contribution is 6.03. The van der Waals surface area contributed by atoms with E-state index in [0.717, 1.165) is 26.5 Å². The van der Waals surface area contributed by atoms with Crippen LogP contribution in [0.5, 0.6) is 0 Å². The van der Waals surface area contributed by atoms with Crippen molar-refractivity contribution >= 4 is 21.5 Å². The molecule has 106 valence electrons. The summed E-state index contributed by atoms with van der Waals surface area (Å²) in [4.78, 5) is 13.2. The molecule has 2 N–H and O–H groups in total. The fraction of sp³-hybridized carbons (Fsp3) is 0. The van der Waals surface area contributed by atoms with Gasteiger partial charge in [-0.15, -0.1) is 9.89 Å². The van der Waals surface area contributed by atoms with Gasteiger partial charge in [-0.05, 0) is 22.9 Å². The standard InChI is InChI=1S/C18H13N3O/c19-21-18(22)16-11-14-9-5-4-8-13(14)10-15(16)17(20-21)12-6-2-1-3-7-12/h1-11H,19H2. The number of benzene rings is 3. The molecule has 0 fully saturated rings. The van der Waals surface area contributed by atoms with Crippen LogP contribution in [0.2, 0.25) is 0 Å². The number of hydrogen-bond acceptors (Lipinski definition) is 3. The minimum Gasteiger partial charge on any atom is -0.320 e. The Morgan fingerprint density at radius 2 is 1.41 bits per heavy atom. The minimum atomic E-state index is -0.291. The molecule has 0 saturated heterocycles. The van der Waals surface area contributed by atoms with Crippen molar-refractivity contribution in [2.75, 3.05) is 5.84 Å². The van der Waals surface area contributed by atoms with Gasteiger partial charge < -0.3 is 5.84 Å². The second-order valence-corrected chi connectivity index (χ2v) is 5.21. The average molecular weight is 287 g/mol. The summed E-state index contributed by atoms with van der Waals surface area (Å²) in [5, 5.41) is 7.74. The first-order valence-electron chi connectivity index (χ1n) is 7.00. The van der Waals surface area contributed by atoms with E-state index in [1.54, 1.807) is 0 Å². The third kappa shape index (κ3) is 1.85. The molecule has 0 spiro atoms. The number of rotatable bonds is 1. The maximum Gasteiger partial charge on any atom is 0.293 e. The zero-order valence-corrected chi connectivity index (χ0v) is 11.7. The molecular weight excluding hydrogens is 274 g/mol. The Morgan fingerprint density at radius 1 is 0.818 bits per heavy atom. The Hall–Kier alpha value is -3.14. The van der Waals surface area contributed by atoms with Crippen molar-refractivity contribution in [2.24, 2.45) is 0 Å². The molecule has 0 amide bonds. The Bertz CT molecular complexity index is 1050. The van der Waals surface area contributed by atoms with Gasteiger partial charge in [-0.2, -0.15) is 0 Å². The van der Waals surface area contributed by atoms with Gasteiger partial charge >= 0.3 is 0 Å². The SMILES string of the molecule is Nn1nc(-c2ccccc2)c2cc3ccccc3cc2c1=O. The van der Waals surface area contributed by atoms with Gasteiger partial charge in [-0.25, -0.2) is 0 Å². The molecule has 0 aliphatic heterocycles. The predicted octanol–water partition coefficient (Wildman–Crippen LogP) is 2.93. The highest BCUT2D eigenvalue weighted by atomic mass is 16.1. The van der Waals surface area contributed by atoms with Gasteiger partial charge in [0.1, 0.15) is 5.69 Å². The van der Waals surface area contributed by atoms with Crippen LogP contribution >= 0.6 is 0 Å². The molecular formula is C18H13N3O. The van der Waals surface area contributed by atoms with Crippen LogP contribution in [0, 0.1) is 0 Å². The molecule has 0 saturated carbocycles. The summed E-state index contributed by atoms with van der Waals surface area (Å²) in [6, 6.07) is 21.6.